The van der Waals surface area contributed by atoms with E-state index in [4.69, 9.17) is 9.47 Å². The quantitative estimate of drug-likeness (QED) is 0.857. The van der Waals surface area contributed by atoms with Crippen molar-refractivity contribution in [2.75, 3.05) is 26.7 Å². The van der Waals surface area contributed by atoms with E-state index >= 15 is 0 Å². The predicted molar refractivity (Wildman–Crippen MR) is 74.7 cm³/mol. The smallest absolute Gasteiger partial charge is 0.238 e. The van der Waals surface area contributed by atoms with Gasteiger partial charge in [-0.05, 0) is 30.8 Å². The number of nitrogens with zero attached hydrogens (tertiary/aromatic N) is 3. The van der Waals surface area contributed by atoms with E-state index in [1.807, 2.05) is 18.2 Å². The van der Waals surface area contributed by atoms with E-state index in [0.717, 1.165) is 31.0 Å². The van der Waals surface area contributed by atoms with Crippen molar-refractivity contribution in [3.8, 4) is 11.6 Å². The monoisotopic (exact) mass is 271 g/mol. The van der Waals surface area contributed by atoms with Crippen LogP contribution in [-0.2, 0) is 4.74 Å². The average molecular weight is 271 g/mol. The second-order valence-corrected chi connectivity index (χ2v) is 4.86. The molecule has 0 aliphatic carbocycles. The Morgan fingerprint density at radius 3 is 3.05 bits per heavy atom. The molecule has 0 N–H and O–H groups in total. The number of hydrogen-bond donors (Lipinski definition) is 0. The summed E-state index contributed by atoms with van der Waals surface area (Å²) < 4.78 is 11.5. The summed E-state index contributed by atoms with van der Waals surface area (Å²) >= 11 is 0. The molecule has 0 saturated carbocycles. The average Bonchev–Trinajstić information content (AvgIpc) is 2.49. The van der Waals surface area contributed by atoms with E-state index in [2.05, 4.69) is 28.2 Å². The molecule has 1 saturated heterocycles. The first-order valence-corrected chi connectivity index (χ1v) is 6.67. The van der Waals surface area contributed by atoms with Crippen molar-refractivity contribution in [1.82, 2.24) is 15.1 Å². The van der Waals surface area contributed by atoms with Crippen LogP contribution < -0.4 is 4.74 Å². The Morgan fingerprint density at radius 1 is 1.30 bits per heavy atom. The fraction of sp³-hybridized carbons (Fsp3) is 0.333. The van der Waals surface area contributed by atoms with Gasteiger partial charge in [-0.25, -0.2) is 0 Å². The molecule has 1 aromatic heterocycles. The van der Waals surface area contributed by atoms with Gasteiger partial charge in [0.15, 0.2) is 0 Å². The lowest BCUT2D eigenvalue weighted by atomic mass is 10.1. The zero-order valence-electron chi connectivity index (χ0n) is 11.4. The number of likely N-dealkylation sites (N-methyl/N-ethyl adjacent to an activating group) is 1. The Morgan fingerprint density at radius 2 is 2.25 bits per heavy atom. The van der Waals surface area contributed by atoms with Gasteiger partial charge in [0.25, 0.3) is 0 Å². The molecule has 3 rings (SSSR count). The minimum absolute atomic E-state index is 0.0964. The molecule has 1 aromatic carbocycles. The SMILES string of the molecule is CN1CCO[C@H](c2cccc(Oc3cccnn3)c2)C1. The molecule has 1 fully saturated rings. The van der Waals surface area contributed by atoms with E-state index in [9.17, 15) is 0 Å². The van der Waals surface area contributed by atoms with Gasteiger partial charge in [0.2, 0.25) is 5.88 Å². The molecule has 0 amide bonds. The van der Waals surface area contributed by atoms with Gasteiger partial charge in [0, 0.05) is 25.4 Å². The summed E-state index contributed by atoms with van der Waals surface area (Å²) in [7, 11) is 2.11. The molecule has 0 spiro atoms. The lowest BCUT2D eigenvalue weighted by Crippen LogP contribution is -2.35. The summed E-state index contributed by atoms with van der Waals surface area (Å²) in [5, 5.41) is 7.71. The highest BCUT2D eigenvalue weighted by Gasteiger charge is 2.19. The van der Waals surface area contributed by atoms with Crippen molar-refractivity contribution in [3.05, 3.63) is 48.2 Å². The third-order valence-electron chi connectivity index (χ3n) is 3.27. The number of aromatic nitrogens is 2. The number of rotatable bonds is 3. The van der Waals surface area contributed by atoms with E-state index in [1.54, 1.807) is 18.3 Å². The fourth-order valence-corrected chi connectivity index (χ4v) is 2.22. The molecule has 5 nitrogen and oxygen atoms in total. The minimum atomic E-state index is 0.0964. The first-order valence-electron chi connectivity index (χ1n) is 6.67. The molecule has 2 heterocycles. The van der Waals surface area contributed by atoms with Crippen LogP contribution in [0.25, 0.3) is 0 Å². The second-order valence-electron chi connectivity index (χ2n) is 4.86. The van der Waals surface area contributed by atoms with Crippen LogP contribution in [0.4, 0.5) is 0 Å². The minimum Gasteiger partial charge on any atom is -0.438 e. The summed E-state index contributed by atoms with van der Waals surface area (Å²) in [4.78, 5) is 2.27. The first-order chi connectivity index (χ1) is 9.81. The van der Waals surface area contributed by atoms with Crippen molar-refractivity contribution < 1.29 is 9.47 Å². The lowest BCUT2D eigenvalue weighted by molar-refractivity contribution is -0.0209. The normalized spacial score (nSPS) is 19.8. The predicted octanol–water partition coefficient (Wildman–Crippen LogP) is 2.27. The first kappa shape index (κ1) is 13.0. The Labute approximate surface area is 118 Å². The molecule has 5 heteroatoms. The van der Waals surface area contributed by atoms with Gasteiger partial charge in [-0.2, -0.15) is 5.10 Å². The maximum Gasteiger partial charge on any atom is 0.238 e. The summed E-state index contributed by atoms with van der Waals surface area (Å²) in [5.74, 6) is 1.24. The van der Waals surface area contributed by atoms with Crippen molar-refractivity contribution >= 4 is 0 Å². The van der Waals surface area contributed by atoms with Gasteiger partial charge in [0.05, 0.1) is 12.7 Å². The number of morpholine rings is 1. The molecular weight excluding hydrogens is 254 g/mol. The van der Waals surface area contributed by atoms with Crippen molar-refractivity contribution in [2.24, 2.45) is 0 Å². The molecule has 1 aliphatic heterocycles. The summed E-state index contributed by atoms with van der Waals surface area (Å²) in [6, 6.07) is 11.5. The molecule has 0 unspecified atom stereocenters. The maximum absolute atomic E-state index is 5.81. The highest BCUT2D eigenvalue weighted by atomic mass is 16.5. The van der Waals surface area contributed by atoms with Crippen molar-refractivity contribution in [3.63, 3.8) is 0 Å². The molecular formula is C15H17N3O2. The van der Waals surface area contributed by atoms with Gasteiger partial charge in [-0.3, -0.25) is 0 Å². The van der Waals surface area contributed by atoms with Crippen molar-refractivity contribution in [1.29, 1.82) is 0 Å². The Hall–Kier alpha value is -1.98. The van der Waals surface area contributed by atoms with Crippen LogP contribution in [0, 0.1) is 0 Å². The molecule has 0 radical (unpaired) electrons. The Balaban J connectivity index is 1.75. The number of ether oxygens (including phenoxy) is 2. The zero-order valence-corrected chi connectivity index (χ0v) is 11.4. The third kappa shape index (κ3) is 3.12. The highest BCUT2D eigenvalue weighted by molar-refractivity contribution is 5.32. The van der Waals surface area contributed by atoms with Gasteiger partial charge >= 0.3 is 0 Å². The summed E-state index contributed by atoms with van der Waals surface area (Å²) in [6.45, 7) is 2.64. The second kappa shape index (κ2) is 5.98. The van der Waals surface area contributed by atoms with Crippen molar-refractivity contribution in [2.45, 2.75) is 6.10 Å². The largest absolute Gasteiger partial charge is 0.438 e. The van der Waals surface area contributed by atoms with Crippen LogP contribution in [-0.4, -0.2) is 41.8 Å². The van der Waals surface area contributed by atoms with E-state index < -0.39 is 0 Å². The molecule has 20 heavy (non-hydrogen) atoms. The highest BCUT2D eigenvalue weighted by Crippen LogP contribution is 2.26. The molecule has 0 bridgehead atoms. The van der Waals surface area contributed by atoms with Crippen LogP contribution in [0.2, 0.25) is 0 Å². The van der Waals surface area contributed by atoms with Gasteiger partial charge in [0.1, 0.15) is 5.75 Å². The van der Waals surface area contributed by atoms with Gasteiger partial charge in [-0.15, -0.1) is 5.10 Å². The van der Waals surface area contributed by atoms with Gasteiger partial charge in [-0.1, -0.05) is 12.1 Å². The number of hydrogen-bond acceptors (Lipinski definition) is 5. The molecule has 2 aromatic rings. The van der Waals surface area contributed by atoms with E-state index in [-0.39, 0.29) is 6.10 Å². The Bertz CT molecular complexity index is 562. The zero-order chi connectivity index (χ0) is 13.8. The van der Waals surface area contributed by atoms with E-state index in [0.29, 0.717) is 5.88 Å². The van der Waals surface area contributed by atoms with Crippen LogP contribution in [0.3, 0.4) is 0 Å². The lowest BCUT2D eigenvalue weighted by Gasteiger charge is -2.30. The molecule has 1 atom stereocenters. The Kier molecular flexibility index (Phi) is 3.90. The van der Waals surface area contributed by atoms with E-state index in [1.165, 1.54) is 0 Å². The third-order valence-corrected chi connectivity index (χ3v) is 3.27. The topological polar surface area (TPSA) is 47.5 Å². The molecule has 1 aliphatic rings. The fourth-order valence-electron chi connectivity index (χ4n) is 2.22. The standard InChI is InChI=1S/C15H17N3O2/c1-18-8-9-19-14(11-18)12-4-2-5-13(10-12)20-15-6-3-7-16-17-15/h2-7,10,14H,8-9,11H2,1H3/t14-/m0/s1. The number of benzene rings is 1. The van der Waals surface area contributed by atoms with Crippen LogP contribution in [0.1, 0.15) is 11.7 Å². The van der Waals surface area contributed by atoms with Gasteiger partial charge < -0.3 is 14.4 Å². The van der Waals surface area contributed by atoms with Crippen LogP contribution in [0.5, 0.6) is 11.6 Å². The van der Waals surface area contributed by atoms with Crippen LogP contribution in [0.15, 0.2) is 42.6 Å². The molecule has 104 valence electrons. The summed E-state index contributed by atoms with van der Waals surface area (Å²) in [5.41, 5.74) is 1.12. The van der Waals surface area contributed by atoms with Crippen LogP contribution >= 0.6 is 0 Å². The maximum atomic E-state index is 5.81. The summed E-state index contributed by atoms with van der Waals surface area (Å²) in [6.07, 6.45) is 1.72.